The Labute approximate surface area is 298 Å². The van der Waals surface area contributed by atoms with Crippen molar-refractivity contribution in [3.8, 4) is 23.5 Å². The van der Waals surface area contributed by atoms with E-state index in [2.05, 4.69) is 61.1 Å². The van der Waals surface area contributed by atoms with Crippen LogP contribution in [0.15, 0.2) is 49.3 Å². The average molecular weight is 760 g/mol. The Morgan fingerprint density at radius 1 is 0.745 bits per heavy atom. The summed E-state index contributed by atoms with van der Waals surface area (Å²) in [6.45, 7) is 0. The number of alkyl halides is 1. The van der Waals surface area contributed by atoms with E-state index in [-0.39, 0.29) is 46.8 Å². The number of hydrogen-bond donors (Lipinski definition) is 5. The Kier molecular flexibility index (Phi) is 10.7. The van der Waals surface area contributed by atoms with Gasteiger partial charge in [-0.05, 0) is 37.8 Å². The molecular formula is C32H35BrN14O4. The Morgan fingerprint density at radius 3 is 1.86 bits per heavy atom. The minimum absolute atomic E-state index is 0.165. The first-order chi connectivity index (χ1) is 24.7. The van der Waals surface area contributed by atoms with Gasteiger partial charge in [0.2, 0.25) is 23.6 Å². The topological polar surface area (TPSA) is 281 Å². The van der Waals surface area contributed by atoms with Crippen LogP contribution in [-0.4, -0.2) is 66.5 Å². The summed E-state index contributed by atoms with van der Waals surface area (Å²) < 4.78 is 13.1. The number of carbonyl (C=O) groups excluding carboxylic acids is 2. The number of nitrogen functional groups attached to an aromatic ring is 2. The molecule has 0 spiro atoms. The molecule has 2 fully saturated rings. The van der Waals surface area contributed by atoms with Crippen molar-refractivity contribution in [1.29, 1.82) is 0 Å². The molecule has 0 unspecified atom stereocenters. The van der Waals surface area contributed by atoms with Crippen LogP contribution in [0.4, 0.5) is 11.6 Å². The van der Waals surface area contributed by atoms with E-state index >= 15 is 0 Å². The molecule has 264 valence electrons. The predicted octanol–water partition coefficient (Wildman–Crippen LogP) is 4.36. The number of halogens is 1. The van der Waals surface area contributed by atoms with Gasteiger partial charge in [-0.15, -0.1) is 10.2 Å². The second-order valence-electron chi connectivity index (χ2n) is 11.7. The molecule has 0 bridgehead atoms. The number of hydrogen-bond acceptors (Lipinski definition) is 14. The molecule has 6 aromatic rings. The number of rotatable bonds is 7. The molecule has 6 heterocycles. The zero-order valence-electron chi connectivity index (χ0n) is 27.3. The van der Waals surface area contributed by atoms with E-state index in [1.54, 1.807) is 0 Å². The quantitative estimate of drug-likeness (QED) is 0.142. The highest BCUT2D eigenvalue weighted by atomic mass is 79.9. The van der Waals surface area contributed by atoms with Gasteiger partial charge in [-0.25, -0.2) is 34.6 Å². The number of amides is 2. The monoisotopic (exact) mass is 758 g/mol. The maximum absolute atomic E-state index is 11.3. The lowest BCUT2D eigenvalue weighted by Crippen LogP contribution is -2.11. The second-order valence-corrected chi connectivity index (χ2v) is 13.0. The highest BCUT2D eigenvalue weighted by Crippen LogP contribution is 2.37. The van der Waals surface area contributed by atoms with Gasteiger partial charge < -0.3 is 32.4 Å². The first-order valence-corrected chi connectivity index (χ1v) is 17.0. The fourth-order valence-electron chi connectivity index (χ4n) is 5.68. The highest BCUT2D eigenvalue weighted by Gasteiger charge is 2.25. The van der Waals surface area contributed by atoms with Gasteiger partial charge in [0.1, 0.15) is 35.1 Å². The van der Waals surface area contributed by atoms with Crippen molar-refractivity contribution in [2.75, 3.05) is 11.5 Å². The molecule has 51 heavy (non-hydrogen) atoms. The van der Waals surface area contributed by atoms with Gasteiger partial charge in [0.25, 0.3) is 11.8 Å². The first-order valence-electron chi connectivity index (χ1n) is 16.1. The number of pyridine rings is 2. The number of nitrogens with two attached hydrogens (primary N) is 4. The van der Waals surface area contributed by atoms with Crippen LogP contribution in [0.1, 0.15) is 78.1 Å². The van der Waals surface area contributed by atoms with E-state index in [4.69, 9.17) is 32.4 Å². The second kappa shape index (κ2) is 15.7. The van der Waals surface area contributed by atoms with Crippen molar-refractivity contribution >= 4 is 61.4 Å². The Morgan fingerprint density at radius 2 is 1.29 bits per heavy atom. The van der Waals surface area contributed by atoms with Gasteiger partial charge in [0, 0.05) is 40.5 Å². The zero-order valence-corrected chi connectivity index (χ0v) is 28.9. The van der Waals surface area contributed by atoms with Crippen LogP contribution < -0.4 is 32.4 Å². The molecule has 18 nitrogen and oxygen atoms in total. The third-order valence-corrected chi connectivity index (χ3v) is 9.15. The number of aromatic amines is 1. The summed E-state index contributed by atoms with van der Waals surface area (Å²) in [6, 6.07) is 6.13. The van der Waals surface area contributed by atoms with Gasteiger partial charge in [-0.3, -0.25) is 14.7 Å². The van der Waals surface area contributed by atoms with Crippen LogP contribution >= 0.6 is 15.9 Å². The lowest BCUT2D eigenvalue weighted by atomic mass is 10.2. The van der Waals surface area contributed by atoms with Gasteiger partial charge in [-0.2, -0.15) is 0 Å². The number of aromatic nitrogens is 10. The molecule has 0 saturated heterocycles. The normalized spacial score (nSPS) is 14.5. The summed E-state index contributed by atoms with van der Waals surface area (Å²) in [4.78, 5) is 47.5. The maximum atomic E-state index is 11.3. The maximum Gasteiger partial charge on any atom is 0.253 e. The van der Waals surface area contributed by atoms with Gasteiger partial charge >= 0.3 is 0 Å². The predicted molar refractivity (Wildman–Crippen MR) is 190 cm³/mol. The highest BCUT2D eigenvalue weighted by molar-refractivity contribution is 9.09. The first kappa shape index (κ1) is 34.9. The molecule has 6 aromatic heterocycles. The van der Waals surface area contributed by atoms with Crippen molar-refractivity contribution < 1.29 is 19.1 Å². The summed E-state index contributed by atoms with van der Waals surface area (Å²) in [6.07, 6.45) is 15.7. The van der Waals surface area contributed by atoms with Crippen molar-refractivity contribution in [2.24, 2.45) is 11.5 Å². The van der Waals surface area contributed by atoms with Crippen LogP contribution in [0, 0.1) is 0 Å². The molecule has 0 atom stereocenters. The van der Waals surface area contributed by atoms with Crippen molar-refractivity contribution in [3.05, 3.63) is 60.4 Å². The van der Waals surface area contributed by atoms with Crippen LogP contribution in [0.25, 0.3) is 22.1 Å². The van der Waals surface area contributed by atoms with Gasteiger partial charge in [0.15, 0.2) is 11.3 Å². The Hall–Kier alpha value is -5.98. The molecule has 2 aliphatic rings. The van der Waals surface area contributed by atoms with Crippen molar-refractivity contribution in [3.63, 3.8) is 0 Å². The largest absolute Gasteiger partial charge is 0.418 e. The number of nitrogens with zero attached hydrogens (tertiary/aromatic N) is 9. The molecule has 2 saturated carbocycles. The van der Waals surface area contributed by atoms with Gasteiger partial charge in [0.05, 0.1) is 6.04 Å². The SMILES string of the molecule is BrC1CCCC1.NC(=O)c1ccnc(Oc2n[nH]c3ncnc(N)c23)c1.NC(=O)c1ccnc(Oc2nn(C3CCCC3)c3ncnc(N)c23)c1. The molecule has 9 N–H and O–H groups in total. The minimum atomic E-state index is -0.577. The van der Waals surface area contributed by atoms with E-state index in [0.29, 0.717) is 27.6 Å². The molecule has 0 aliphatic heterocycles. The van der Waals surface area contributed by atoms with Crippen LogP contribution in [0.2, 0.25) is 0 Å². The Balaban J connectivity index is 0.000000154. The van der Waals surface area contributed by atoms with Gasteiger partial charge in [-0.1, -0.05) is 41.6 Å². The Bertz CT molecular complexity index is 2160. The molecule has 2 aliphatic carbocycles. The fourth-order valence-corrected chi connectivity index (χ4v) is 6.33. The summed E-state index contributed by atoms with van der Waals surface area (Å²) >= 11 is 3.54. The number of primary amides is 2. The number of ether oxygens (including phenoxy) is 2. The van der Waals surface area contributed by atoms with Crippen LogP contribution in [0.3, 0.4) is 0 Å². The van der Waals surface area contributed by atoms with E-state index in [0.717, 1.165) is 30.5 Å². The number of anilines is 2. The van der Waals surface area contributed by atoms with E-state index < -0.39 is 11.8 Å². The number of fused-ring (bicyclic) bond motifs is 2. The lowest BCUT2D eigenvalue weighted by molar-refractivity contribution is 0.0991. The number of nitrogens with one attached hydrogen (secondary N) is 1. The van der Waals surface area contributed by atoms with E-state index in [1.807, 2.05) is 4.68 Å². The third-order valence-electron chi connectivity index (χ3n) is 8.24. The van der Waals surface area contributed by atoms with E-state index in [1.165, 1.54) is 75.0 Å². The third kappa shape index (κ3) is 8.26. The fraction of sp³-hybridized carbons (Fsp3) is 0.312. The number of H-pyrrole nitrogens is 1. The molecule has 0 aromatic carbocycles. The standard InChI is InChI=1S/C16H17N7O2.C11H9N7O2.C5H9Br/c17-13-12-15(21-8-20-13)23(10-3-1-2-4-10)22-16(12)25-11-7-9(14(18)24)5-6-19-11;12-8-7-10(16-4-15-8)17-18-11(7)20-6-3-5(9(13)19)1-2-14-6;6-5-3-1-2-4-5/h5-8,10H,1-4H2,(H2,18,24)(H2,17,20,21);1-4H,(H2,13,19)(H3,12,15,16,17,18);5H,1-4H2. The van der Waals surface area contributed by atoms with Crippen molar-refractivity contribution in [1.82, 2.24) is 49.9 Å². The summed E-state index contributed by atoms with van der Waals surface area (Å²) in [5.74, 6) is 0.195. The molecule has 19 heteroatoms. The van der Waals surface area contributed by atoms with Crippen LogP contribution in [0.5, 0.6) is 23.5 Å². The molecule has 0 radical (unpaired) electrons. The zero-order chi connectivity index (χ0) is 35.9. The molecular weight excluding hydrogens is 724 g/mol. The average Bonchev–Trinajstić information content (AvgIpc) is 3.95. The van der Waals surface area contributed by atoms with Crippen molar-refractivity contribution in [2.45, 2.75) is 62.2 Å². The summed E-state index contributed by atoms with van der Waals surface area (Å²) in [5.41, 5.74) is 23.9. The lowest BCUT2D eigenvalue weighted by Gasteiger charge is -2.09. The minimum Gasteiger partial charge on any atom is -0.418 e. The molecule has 8 rings (SSSR count). The smallest absolute Gasteiger partial charge is 0.253 e. The van der Waals surface area contributed by atoms with E-state index in [9.17, 15) is 9.59 Å². The summed E-state index contributed by atoms with van der Waals surface area (Å²) in [5, 5.41) is 12.1. The molecule has 2 amide bonds. The van der Waals surface area contributed by atoms with Crippen LogP contribution in [-0.2, 0) is 0 Å². The number of carbonyl (C=O) groups is 2. The summed E-state index contributed by atoms with van der Waals surface area (Å²) in [7, 11) is 0.